The monoisotopic (exact) mass is 324 g/mol. The van der Waals surface area contributed by atoms with Gasteiger partial charge in [-0.3, -0.25) is 9.69 Å². The Morgan fingerprint density at radius 3 is 2.55 bits per heavy atom. The van der Waals surface area contributed by atoms with E-state index in [2.05, 4.69) is 10.2 Å². The van der Waals surface area contributed by atoms with Gasteiger partial charge in [-0.25, -0.2) is 8.42 Å². The quantitative estimate of drug-likeness (QED) is 0.869. The van der Waals surface area contributed by atoms with E-state index in [1.807, 2.05) is 24.3 Å². The first-order valence-electron chi connectivity index (χ1n) is 7.72. The fourth-order valence-corrected chi connectivity index (χ4v) is 3.19. The molecule has 2 rings (SSSR count). The molecule has 5 nitrogen and oxygen atoms in total. The van der Waals surface area contributed by atoms with Gasteiger partial charge in [0.1, 0.15) is 9.84 Å². The van der Waals surface area contributed by atoms with Crippen molar-refractivity contribution in [1.82, 2.24) is 4.90 Å². The van der Waals surface area contributed by atoms with Crippen molar-refractivity contribution in [3.05, 3.63) is 29.8 Å². The van der Waals surface area contributed by atoms with Crippen molar-refractivity contribution in [2.75, 3.05) is 30.4 Å². The number of benzene rings is 1. The SMILES string of the molecule is CS(=O)(=O)CCC(=O)Nc1ccccc1CN1CCCCC1. The third kappa shape index (κ3) is 5.77. The number of carbonyl (C=O) groups is 1. The van der Waals surface area contributed by atoms with E-state index >= 15 is 0 Å². The lowest BCUT2D eigenvalue weighted by atomic mass is 10.1. The van der Waals surface area contributed by atoms with Gasteiger partial charge in [0.15, 0.2) is 0 Å². The molecular formula is C16H24N2O3S. The summed E-state index contributed by atoms with van der Waals surface area (Å²) < 4.78 is 22.3. The molecule has 1 saturated heterocycles. The fourth-order valence-electron chi connectivity index (χ4n) is 2.63. The molecule has 122 valence electrons. The molecule has 22 heavy (non-hydrogen) atoms. The second-order valence-corrected chi connectivity index (χ2v) is 8.18. The summed E-state index contributed by atoms with van der Waals surface area (Å²) in [5.41, 5.74) is 1.86. The van der Waals surface area contributed by atoms with Crippen LogP contribution in [0, 0.1) is 0 Å². The molecule has 1 aliphatic rings. The number of piperidine rings is 1. The van der Waals surface area contributed by atoms with Gasteiger partial charge in [0.25, 0.3) is 0 Å². The average molecular weight is 324 g/mol. The average Bonchev–Trinajstić information content (AvgIpc) is 2.48. The molecule has 1 aliphatic heterocycles. The first kappa shape index (κ1) is 17.0. The van der Waals surface area contributed by atoms with Crippen LogP contribution in [0.4, 0.5) is 5.69 Å². The molecule has 0 saturated carbocycles. The molecule has 0 atom stereocenters. The van der Waals surface area contributed by atoms with Gasteiger partial charge in [-0.2, -0.15) is 0 Å². The zero-order valence-corrected chi connectivity index (χ0v) is 13.9. The summed E-state index contributed by atoms with van der Waals surface area (Å²) in [7, 11) is -3.11. The van der Waals surface area contributed by atoms with Crippen molar-refractivity contribution in [2.45, 2.75) is 32.2 Å². The number of rotatable bonds is 6. The molecule has 0 bridgehead atoms. The maximum Gasteiger partial charge on any atom is 0.225 e. The van der Waals surface area contributed by atoms with Gasteiger partial charge >= 0.3 is 0 Å². The van der Waals surface area contributed by atoms with Gasteiger partial charge in [-0.1, -0.05) is 24.6 Å². The minimum atomic E-state index is -3.11. The lowest BCUT2D eigenvalue weighted by Crippen LogP contribution is -2.29. The Morgan fingerprint density at radius 2 is 1.86 bits per heavy atom. The van der Waals surface area contributed by atoms with Crippen molar-refractivity contribution in [3.63, 3.8) is 0 Å². The van der Waals surface area contributed by atoms with Crippen molar-refractivity contribution in [2.24, 2.45) is 0 Å². The van der Waals surface area contributed by atoms with E-state index in [4.69, 9.17) is 0 Å². The first-order chi connectivity index (χ1) is 10.4. The highest BCUT2D eigenvalue weighted by Gasteiger charge is 2.14. The maximum atomic E-state index is 11.9. The Hall–Kier alpha value is -1.40. The third-order valence-corrected chi connectivity index (χ3v) is 4.78. The van der Waals surface area contributed by atoms with E-state index in [0.29, 0.717) is 0 Å². The maximum absolute atomic E-state index is 11.9. The number of hydrogen-bond acceptors (Lipinski definition) is 4. The number of sulfone groups is 1. The van der Waals surface area contributed by atoms with Crippen LogP contribution in [0.5, 0.6) is 0 Å². The van der Waals surface area contributed by atoms with Crippen LogP contribution in [-0.2, 0) is 21.2 Å². The number of amides is 1. The standard InChI is InChI=1S/C16H24N2O3S/c1-22(20,21)12-9-16(19)17-15-8-4-3-7-14(15)13-18-10-5-2-6-11-18/h3-4,7-8H,2,5-6,9-13H2,1H3,(H,17,19). The molecule has 0 spiro atoms. The number of nitrogens with zero attached hydrogens (tertiary/aromatic N) is 1. The van der Waals surface area contributed by atoms with Gasteiger partial charge in [-0.05, 0) is 37.6 Å². The van der Waals surface area contributed by atoms with E-state index in [-0.39, 0.29) is 18.1 Å². The number of anilines is 1. The van der Waals surface area contributed by atoms with Crippen LogP contribution in [0.15, 0.2) is 24.3 Å². The molecule has 0 aliphatic carbocycles. The van der Waals surface area contributed by atoms with E-state index < -0.39 is 9.84 Å². The predicted molar refractivity (Wildman–Crippen MR) is 88.5 cm³/mol. The lowest BCUT2D eigenvalue weighted by molar-refractivity contribution is -0.115. The normalized spacial score (nSPS) is 16.4. The molecule has 1 aromatic carbocycles. The Labute approximate surface area is 132 Å². The molecular weight excluding hydrogens is 300 g/mol. The van der Waals surface area contributed by atoms with Crippen LogP contribution >= 0.6 is 0 Å². The minimum absolute atomic E-state index is 0.00309. The smallest absolute Gasteiger partial charge is 0.225 e. The van der Waals surface area contributed by atoms with Crippen LogP contribution in [-0.4, -0.2) is 44.3 Å². The van der Waals surface area contributed by atoms with Crippen LogP contribution in [0.1, 0.15) is 31.2 Å². The molecule has 1 N–H and O–H groups in total. The van der Waals surface area contributed by atoms with E-state index in [9.17, 15) is 13.2 Å². The molecule has 1 fully saturated rings. The highest BCUT2D eigenvalue weighted by Crippen LogP contribution is 2.20. The van der Waals surface area contributed by atoms with Gasteiger partial charge in [0.05, 0.1) is 5.75 Å². The van der Waals surface area contributed by atoms with Crippen molar-refractivity contribution < 1.29 is 13.2 Å². The number of hydrogen-bond donors (Lipinski definition) is 1. The Kier molecular flexibility index (Phi) is 5.97. The summed E-state index contributed by atoms with van der Waals surface area (Å²) in [6.07, 6.45) is 4.88. The summed E-state index contributed by atoms with van der Waals surface area (Å²) >= 11 is 0. The molecule has 0 aromatic heterocycles. The fraction of sp³-hybridized carbons (Fsp3) is 0.562. The van der Waals surface area contributed by atoms with Crippen molar-refractivity contribution in [3.8, 4) is 0 Å². The molecule has 6 heteroatoms. The zero-order valence-electron chi connectivity index (χ0n) is 13.0. The van der Waals surface area contributed by atoms with Crippen molar-refractivity contribution in [1.29, 1.82) is 0 Å². The van der Waals surface area contributed by atoms with Crippen LogP contribution in [0.25, 0.3) is 0 Å². The largest absolute Gasteiger partial charge is 0.326 e. The summed E-state index contributed by atoms with van der Waals surface area (Å²) in [6, 6.07) is 7.73. The molecule has 0 unspecified atom stereocenters. The Bertz CT molecular complexity index is 608. The summed E-state index contributed by atoms with van der Waals surface area (Å²) in [6.45, 7) is 3.01. The van der Waals surface area contributed by atoms with Gasteiger partial charge in [-0.15, -0.1) is 0 Å². The summed E-state index contributed by atoms with van der Waals surface area (Å²) in [5.74, 6) is -0.371. The second-order valence-electron chi connectivity index (χ2n) is 5.92. The van der Waals surface area contributed by atoms with Crippen molar-refractivity contribution >= 4 is 21.4 Å². The summed E-state index contributed by atoms with van der Waals surface area (Å²) in [4.78, 5) is 14.3. The molecule has 1 aromatic rings. The van der Waals surface area contributed by atoms with Crippen LogP contribution in [0.3, 0.4) is 0 Å². The van der Waals surface area contributed by atoms with E-state index in [1.54, 1.807) is 0 Å². The van der Waals surface area contributed by atoms with E-state index in [0.717, 1.165) is 37.1 Å². The number of nitrogens with one attached hydrogen (secondary N) is 1. The highest BCUT2D eigenvalue weighted by atomic mass is 32.2. The zero-order chi connectivity index (χ0) is 16.0. The van der Waals surface area contributed by atoms with Gasteiger partial charge in [0.2, 0.25) is 5.91 Å². The second kappa shape index (κ2) is 7.74. The number of likely N-dealkylation sites (tertiary alicyclic amines) is 1. The molecule has 0 radical (unpaired) electrons. The minimum Gasteiger partial charge on any atom is -0.326 e. The lowest BCUT2D eigenvalue weighted by Gasteiger charge is -2.27. The molecule has 1 amide bonds. The topological polar surface area (TPSA) is 66.5 Å². The molecule has 1 heterocycles. The van der Waals surface area contributed by atoms with Gasteiger partial charge in [0, 0.05) is 24.9 Å². The summed E-state index contributed by atoms with van der Waals surface area (Å²) in [5, 5.41) is 2.84. The Balaban J connectivity index is 1.96. The highest BCUT2D eigenvalue weighted by molar-refractivity contribution is 7.90. The van der Waals surface area contributed by atoms with Gasteiger partial charge < -0.3 is 5.32 Å². The first-order valence-corrected chi connectivity index (χ1v) is 9.78. The van der Waals surface area contributed by atoms with Crippen LogP contribution in [0.2, 0.25) is 0 Å². The number of para-hydroxylation sites is 1. The van der Waals surface area contributed by atoms with Crippen LogP contribution < -0.4 is 5.32 Å². The van der Waals surface area contributed by atoms with E-state index in [1.165, 1.54) is 19.3 Å². The Morgan fingerprint density at radius 1 is 1.18 bits per heavy atom. The number of carbonyl (C=O) groups excluding carboxylic acids is 1. The predicted octanol–water partition coefficient (Wildman–Crippen LogP) is 2.05. The third-order valence-electron chi connectivity index (χ3n) is 3.83.